The molecule has 1 atom stereocenters. The number of anilines is 1. The number of carbonyl (C=O) groups excluding carboxylic acids is 2. The number of benzene rings is 1. The Morgan fingerprint density at radius 1 is 1.21 bits per heavy atom. The number of cyclic esters (lactones) is 1. The SMILES string of the molecule is O=C(C[C@H]1C(=O)OCCN1C1CCCCC1)Nc1ccc(Cl)cc1. The fraction of sp³-hybridized carbons (Fsp3) is 0.556. The molecule has 1 aliphatic heterocycles. The minimum absolute atomic E-state index is 0.123. The van der Waals surface area contributed by atoms with Crippen molar-refractivity contribution < 1.29 is 14.3 Å². The predicted octanol–water partition coefficient (Wildman–Crippen LogP) is 3.23. The van der Waals surface area contributed by atoms with Crippen LogP contribution in [0.4, 0.5) is 5.69 Å². The number of amides is 1. The zero-order valence-electron chi connectivity index (χ0n) is 13.7. The van der Waals surface area contributed by atoms with Crippen LogP contribution in [0.25, 0.3) is 0 Å². The summed E-state index contributed by atoms with van der Waals surface area (Å²) in [6, 6.07) is 6.85. The number of carbonyl (C=O) groups is 2. The quantitative estimate of drug-likeness (QED) is 0.847. The number of rotatable bonds is 4. The van der Waals surface area contributed by atoms with Gasteiger partial charge in [0.15, 0.2) is 0 Å². The second-order valence-electron chi connectivity index (χ2n) is 6.47. The maximum atomic E-state index is 12.4. The van der Waals surface area contributed by atoms with E-state index in [1.807, 2.05) is 0 Å². The highest BCUT2D eigenvalue weighted by molar-refractivity contribution is 6.30. The van der Waals surface area contributed by atoms with Crippen molar-refractivity contribution >= 4 is 29.2 Å². The third kappa shape index (κ3) is 4.28. The molecule has 130 valence electrons. The molecule has 1 N–H and O–H groups in total. The minimum atomic E-state index is -0.478. The van der Waals surface area contributed by atoms with Crippen LogP contribution >= 0.6 is 11.6 Å². The van der Waals surface area contributed by atoms with Crippen LogP contribution in [-0.4, -0.2) is 42.0 Å². The lowest BCUT2D eigenvalue weighted by atomic mass is 9.92. The van der Waals surface area contributed by atoms with Crippen LogP contribution in [0.1, 0.15) is 38.5 Å². The van der Waals surface area contributed by atoms with E-state index in [4.69, 9.17) is 16.3 Å². The largest absolute Gasteiger partial charge is 0.463 e. The molecule has 24 heavy (non-hydrogen) atoms. The van der Waals surface area contributed by atoms with Crippen molar-refractivity contribution in [3.63, 3.8) is 0 Å². The first-order valence-corrected chi connectivity index (χ1v) is 8.99. The van der Waals surface area contributed by atoms with Crippen molar-refractivity contribution in [2.24, 2.45) is 0 Å². The molecule has 0 bridgehead atoms. The van der Waals surface area contributed by atoms with E-state index in [0.717, 1.165) is 19.4 Å². The third-order valence-corrected chi connectivity index (χ3v) is 5.07. The summed E-state index contributed by atoms with van der Waals surface area (Å²) in [5.41, 5.74) is 0.679. The molecule has 6 heteroatoms. The third-order valence-electron chi connectivity index (χ3n) is 4.82. The Labute approximate surface area is 147 Å². The summed E-state index contributed by atoms with van der Waals surface area (Å²) in [5, 5.41) is 3.45. The maximum Gasteiger partial charge on any atom is 0.323 e. The highest BCUT2D eigenvalue weighted by atomic mass is 35.5. The van der Waals surface area contributed by atoms with Gasteiger partial charge in [0.2, 0.25) is 5.91 Å². The van der Waals surface area contributed by atoms with E-state index in [1.54, 1.807) is 24.3 Å². The first kappa shape index (κ1) is 17.2. The van der Waals surface area contributed by atoms with Crippen molar-refractivity contribution in [3.05, 3.63) is 29.3 Å². The summed E-state index contributed by atoms with van der Waals surface area (Å²) in [5.74, 6) is -0.458. The van der Waals surface area contributed by atoms with E-state index < -0.39 is 6.04 Å². The van der Waals surface area contributed by atoms with Crippen molar-refractivity contribution in [1.82, 2.24) is 4.90 Å². The van der Waals surface area contributed by atoms with Gasteiger partial charge in [0.25, 0.3) is 0 Å². The topological polar surface area (TPSA) is 58.6 Å². The molecule has 5 nitrogen and oxygen atoms in total. The van der Waals surface area contributed by atoms with Gasteiger partial charge in [0, 0.05) is 23.3 Å². The maximum absolute atomic E-state index is 12.4. The molecule has 0 spiro atoms. The van der Waals surface area contributed by atoms with E-state index in [1.165, 1.54) is 19.3 Å². The second kappa shape index (κ2) is 7.99. The number of hydrogen-bond acceptors (Lipinski definition) is 4. The summed E-state index contributed by atoms with van der Waals surface area (Å²) >= 11 is 5.85. The van der Waals surface area contributed by atoms with Gasteiger partial charge in [-0.2, -0.15) is 0 Å². The Bertz CT molecular complexity index is 584. The molecule has 2 aliphatic rings. The molecule has 1 aliphatic carbocycles. The molecule has 2 fully saturated rings. The molecule has 0 unspecified atom stereocenters. The van der Waals surface area contributed by atoms with E-state index >= 15 is 0 Å². The predicted molar refractivity (Wildman–Crippen MR) is 93.0 cm³/mol. The van der Waals surface area contributed by atoms with Crippen LogP contribution in [-0.2, 0) is 14.3 Å². The lowest BCUT2D eigenvalue weighted by Gasteiger charge is -2.41. The zero-order valence-corrected chi connectivity index (χ0v) is 14.4. The molecule has 1 saturated heterocycles. The monoisotopic (exact) mass is 350 g/mol. The van der Waals surface area contributed by atoms with E-state index in [-0.39, 0.29) is 18.3 Å². The lowest BCUT2D eigenvalue weighted by Crippen LogP contribution is -2.54. The standard InChI is InChI=1S/C18H23ClN2O3/c19-13-6-8-14(9-7-13)20-17(22)12-16-18(23)24-11-10-21(16)15-4-2-1-3-5-15/h6-9,15-16H,1-5,10-12H2,(H,20,22)/t16-/m0/s1. The summed E-state index contributed by atoms with van der Waals surface area (Å²) in [7, 11) is 0. The number of hydrogen-bond donors (Lipinski definition) is 1. The van der Waals surface area contributed by atoms with Crippen LogP contribution in [0.3, 0.4) is 0 Å². The fourth-order valence-electron chi connectivity index (χ4n) is 3.61. The summed E-state index contributed by atoms with van der Waals surface area (Å²) in [4.78, 5) is 26.8. The Kier molecular flexibility index (Phi) is 5.74. The summed E-state index contributed by atoms with van der Waals surface area (Å²) in [6.07, 6.45) is 5.97. The van der Waals surface area contributed by atoms with Crippen LogP contribution in [0.2, 0.25) is 5.02 Å². The van der Waals surface area contributed by atoms with Gasteiger partial charge in [-0.3, -0.25) is 14.5 Å². The van der Waals surface area contributed by atoms with Gasteiger partial charge < -0.3 is 10.1 Å². The number of nitrogens with zero attached hydrogens (tertiary/aromatic N) is 1. The lowest BCUT2D eigenvalue weighted by molar-refractivity contribution is -0.161. The Morgan fingerprint density at radius 2 is 1.92 bits per heavy atom. The van der Waals surface area contributed by atoms with Gasteiger partial charge in [-0.05, 0) is 37.1 Å². The van der Waals surface area contributed by atoms with Gasteiger partial charge in [-0.1, -0.05) is 30.9 Å². The minimum Gasteiger partial charge on any atom is -0.463 e. The van der Waals surface area contributed by atoms with Crippen LogP contribution in [0.15, 0.2) is 24.3 Å². The molecule has 0 aromatic heterocycles. The Balaban J connectivity index is 1.64. The van der Waals surface area contributed by atoms with Gasteiger partial charge in [0.05, 0.1) is 6.42 Å². The number of halogens is 1. The van der Waals surface area contributed by atoms with Crippen molar-refractivity contribution in [2.75, 3.05) is 18.5 Å². The Morgan fingerprint density at radius 3 is 2.62 bits per heavy atom. The molecule has 1 saturated carbocycles. The van der Waals surface area contributed by atoms with E-state index in [0.29, 0.717) is 23.4 Å². The number of esters is 1. The average molecular weight is 351 g/mol. The molecular weight excluding hydrogens is 328 g/mol. The first-order chi connectivity index (χ1) is 11.6. The smallest absolute Gasteiger partial charge is 0.323 e. The zero-order chi connectivity index (χ0) is 16.9. The number of morpholine rings is 1. The molecule has 0 radical (unpaired) electrons. The van der Waals surface area contributed by atoms with E-state index in [9.17, 15) is 9.59 Å². The van der Waals surface area contributed by atoms with Gasteiger partial charge in [-0.15, -0.1) is 0 Å². The molecule has 1 aromatic carbocycles. The highest BCUT2D eigenvalue weighted by Crippen LogP contribution is 2.27. The first-order valence-electron chi connectivity index (χ1n) is 8.61. The van der Waals surface area contributed by atoms with Gasteiger partial charge >= 0.3 is 5.97 Å². The molecule has 1 heterocycles. The van der Waals surface area contributed by atoms with E-state index in [2.05, 4.69) is 10.2 Å². The molecule has 1 amide bonds. The van der Waals surface area contributed by atoms with Crippen molar-refractivity contribution in [1.29, 1.82) is 0 Å². The fourth-order valence-corrected chi connectivity index (χ4v) is 3.74. The van der Waals surface area contributed by atoms with Crippen LogP contribution in [0, 0.1) is 0 Å². The molecule has 1 aromatic rings. The average Bonchev–Trinajstić information content (AvgIpc) is 2.59. The highest BCUT2D eigenvalue weighted by Gasteiger charge is 2.37. The normalized spacial score (nSPS) is 22.9. The number of ether oxygens (including phenoxy) is 1. The summed E-state index contributed by atoms with van der Waals surface area (Å²) < 4.78 is 5.20. The Hall–Kier alpha value is -1.59. The van der Waals surface area contributed by atoms with Gasteiger partial charge in [-0.25, -0.2) is 0 Å². The van der Waals surface area contributed by atoms with Crippen LogP contribution < -0.4 is 5.32 Å². The molecular formula is C18H23ClN2O3. The van der Waals surface area contributed by atoms with Gasteiger partial charge in [0.1, 0.15) is 12.6 Å². The van der Waals surface area contributed by atoms with Crippen molar-refractivity contribution in [2.45, 2.75) is 50.6 Å². The number of nitrogens with one attached hydrogen (secondary N) is 1. The van der Waals surface area contributed by atoms with Crippen molar-refractivity contribution in [3.8, 4) is 0 Å². The molecule has 3 rings (SSSR count). The summed E-state index contributed by atoms with van der Waals surface area (Å²) in [6.45, 7) is 1.14. The van der Waals surface area contributed by atoms with Crippen LogP contribution in [0.5, 0.6) is 0 Å². The second-order valence-corrected chi connectivity index (χ2v) is 6.91.